The summed E-state index contributed by atoms with van der Waals surface area (Å²) in [6.07, 6.45) is 0.795. The van der Waals surface area contributed by atoms with E-state index in [4.69, 9.17) is 9.84 Å². The number of carboxylic acids is 1. The maximum Gasteiger partial charge on any atom is 0.347 e. The van der Waals surface area contributed by atoms with E-state index in [2.05, 4.69) is 4.98 Å². The van der Waals surface area contributed by atoms with Crippen molar-refractivity contribution in [2.24, 2.45) is 0 Å². The molecule has 0 bridgehead atoms. The molecular formula is C14H14FNO3S2. The first-order valence-corrected chi connectivity index (χ1v) is 8.08. The highest BCUT2D eigenvalue weighted by Crippen LogP contribution is 2.27. The normalized spacial score (nSPS) is 10.6. The molecule has 0 unspecified atom stereocenters. The summed E-state index contributed by atoms with van der Waals surface area (Å²) in [4.78, 5) is 15.4. The fraction of sp³-hybridized carbons (Fsp3) is 0.286. The molecule has 0 saturated carbocycles. The molecule has 2 rings (SSSR count). The van der Waals surface area contributed by atoms with Crippen LogP contribution in [0.15, 0.2) is 28.6 Å². The molecule has 0 atom stereocenters. The van der Waals surface area contributed by atoms with Gasteiger partial charge < -0.3 is 9.84 Å². The Labute approximate surface area is 130 Å². The van der Waals surface area contributed by atoms with Crippen molar-refractivity contribution < 1.29 is 19.0 Å². The molecule has 1 N–H and O–H groups in total. The number of carbonyl (C=O) groups is 1. The lowest BCUT2D eigenvalue weighted by molar-refractivity contribution is 0.0701. The Morgan fingerprint density at radius 2 is 2.14 bits per heavy atom. The number of aromatic carboxylic acids is 1. The summed E-state index contributed by atoms with van der Waals surface area (Å²) in [5.74, 6) is 0.204. The zero-order valence-corrected chi connectivity index (χ0v) is 13.0. The van der Waals surface area contributed by atoms with Gasteiger partial charge in [0.15, 0.2) is 4.34 Å². The number of nitrogens with zero attached hydrogens (tertiary/aromatic N) is 1. The molecule has 1 aromatic carbocycles. The molecule has 7 heteroatoms. The van der Waals surface area contributed by atoms with E-state index in [9.17, 15) is 9.18 Å². The average Bonchev–Trinajstić information content (AvgIpc) is 2.82. The Morgan fingerprint density at radius 1 is 1.43 bits per heavy atom. The largest absolute Gasteiger partial charge is 0.494 e. The second-order valence-corrected chi connectivity index (χ2v) is 6.54. The quantitative estimate of drug-likeness (QED) is 0.618. The van der Waals surface area contributed by atoms with Crippen molar-refractivity contribution in [2.45, 2.75) is 17.7 Å². The van der Waals surface area contributed by atoms with E-state index in [0.717, 1.165) is 16.5 Å². The van der Waals surface area contributed by atoms with Gasteiger partial charge in [-0.25, -0.2) is 14.2 Å². The van der Waals surface area contributed by atoms with Gasteiger partial charge in [0.2, 0.25) is 0 Å². The number of hydrogen-bond donors (Lipinski definition) is 1. The van der Waals surface area contributed by atoms with Crippen LogP contribution in [0.3, 0.4) is 0 Å². The second kappa shape index (κ2) is 7.42. The van der Waals surface area contributed by atoms with Gasteiger partial charge in [0.25, 0.3) is 0 Å². The molecule has 0 radical (unpaired) electrons. The molecule has 0 saturated heterocycles. The topological polar surface area (TPSA) is 59.4 Å². The van der Waals surface area contributed by atoms with Crippen molar-refractivity contribution in [1.82, 2.24) is 4.98 Å². The van der Waals surface area contributed by atoms with E-state index in [-0.39, 0.29) is 5.82 Å². The van der Waals surface area contributed by atoms with Crippen LogP contribution in [0.4, 0.5) is 4.39 Å². The fourth-order valence-corrected chi connectivity index (χ4v) is 3.58. The number of rotatable bonds is 7. The van der Waals surface area contributed by atoms with Gasteiger partial charge in [0.05, 0.1) is 12.3 Å². The molecule has 0 aliphatic carbocycles. The monoisotopic (exact) mass is 327 g/mol. The Balaban J connectivity index is 1.71. The molecule has 2 aromatic rings. The van der Waals surface area contributed by atoms with Crippen LogP contribution in [-0.4, -0.2) is 28.4 Å². The summed E-state index contributed by atoms with van der Waals surface area (Å²) in [6.45, 7) is 2.22. The minimum absolute atomic E-state index is 0.286. The number of thiazole rings is 1. The number of thioether (sulfide) groups is 1. The Kier molecular flexibility index (Phi) is 5.58. The number of hydrogen-bond acceptors (Lipinski definition) is 5. The molecule has 0 amide bonds. The van der Waals surface area contributed by atoms with Gasteiger partial charge in [-0.1, -0.05) is 11.8 Å². The van der Waals surface area contributed by atoms with E-state index >= 15 is 0 Å². The van der Waals surface area contributed by atoms with E-state index in [0.29, 0.717) is 22.9 Å². The van der Waals surface area contributed by atoms with Crippen molar-refractivity contribution in [3.63, 3.8) is 0 Å². The van der Waals surface area contributed by atoms with Crippen LogP contribution in [0.1, 0.15) is 21.8 Å². The van der Waals surface area contributed by atoms with Crippen LogP contribution in [-0.2, 0) is 0 Å². The third-order valence-electron chi connectivity index (χ3n) is 2.57. The SMILES string of the molecule is Cc1nc(SCCCOc2ccc(F)cc2)sc1C(=O)O. The van der Waals surface area contributed by atoms with Gasteiger partial charge >= 0.3 is 5.97 Å². The first-order chi connectivity index (χ1) is 10.1. The first-order valence-electron chi connectivity index (χ1n) is 6.28. The van der Waals surface area contributed by atoms with E-state index in [1.54, 1.807) is 19.1 Å². The molecule has 112 valence electrons. The molecule has 4 nitrogen and oxygen atoms in total. The number of aromatic nitrogens is 1. The minimum Gasteiger partial charge on any atom is -0.494 e. The summed E-state index contributed by atoms with van der Waals surface area (Å²) in [7, 11) is 0. The van der Waals surface area contributed by atoms with Gasteiger partial charge in [-0.3, -0.25) is 0 Å². The average molecular weight is 327 g/mol. The van der Waals surface area contributed by atoms with Crippen LogP contribution < -0.4 is 4.74 Å². The predicted molar refractivity (Wildman–Crippen MR) is 81.0 cm³/mol. The molecule has 1 aromatic heterocycles. The van der Waals surface area contributed by atoms with Gasteiger partial charge in [-0.2, -0.15) is 0 Å². The lowest BCUT2D eigenvalue weighted by Crippen LogP contribution is -1.98. The molecule has 0 aliphatic rings. The zero-order valence-electron chi connectivity index (χ0n) is 11.3. The number of halogens is 1. The standard InChI is InChI=1S/C14H14FNO3S2/c1-9-12(13(17)18)21-14(16-9)20-8-2-7-19-11-5-3-10(15)4-6-11/h3-6H,2,7-8H2,1H3,(H,17,18). The molecule has 0 spiro atoms. The summed E-state index contributed by atoms with van der Waals surface area (Å²) in [5, 5.41) is 8.95. The van der Waals surface area contributed by atoms with E-state index in [1.807, 2.05) is 0 Å². The lowest BCUT2D eigenvalue weighted by Gasteiger charge is -2.04. The second-order valence-electron chi connectivity index (χ2n) is 4.20. The minimum atomic E-state index is -0.934. The first kappa shape index (κ1) is 15.8. The van der Waals surface area contributed by atoms with Crippen molar-refractivity contribution in [1.29, 1.82) is 0 Å². The number of ether oxygens (including phenoxy) is 1. The predicted octanol–water partition coefficient (Wildman–Crippen LogP) is 3.85. The third-order valence-corrected chi connectivity index (χ3v) is 4.94. The highest BCUT2D eigenvalue weighted by Gasteiger charge is 2.13. The molecule has 21 heavy (non-hydrogen) atoms. The van der Waals surface area contributed by atoms with Crippen LogP contribution in [0.25, 0.3) is 0 Å². The number of carboxylic acid groups (broad SMARTS) is 1. The number of benzene rings is 1. The van der Waals surface area contributed by atoms with Crippen LogP contribution in [0.5, 0.6) is 5.75 Å². The van der Waals surface area contributed by atoms with E-state index in [1.165, 1.54) is 35.2 Å². The number of aryl methyl sites for hydroxylation is 1. The Morgan fingerprint density at radius 3 is 2.76 bits per heavy atom. The Hall–Kier alpha value is -1.60. The van der Waals surface area contributed by atoms with Crippen molar-refractivity contribution >= 4 is 29.1 Å². The van der Waals surface area contributed by atoms with E-state index < -0.39 is 5.97 Å². The lowest BCUT2D eigenvalue weighted by atomic mass is 10.3. The molecule has 1 heterocycles. The summed E-state index contributed by atoms with van der Waals surface area (Å²) in [6, 6.07) is 5.89. The van der Waals surface area contributed by atoms with Crippen LogP contribution in [0.2, 0.25) is 0 Å². The van der Waals surface area contributed by atoms with Gasteiger partial charge in [0, 0.05) is 5.75 Å². The van der Waals surface area contributed by atoms with Crippen molar-refractivity contribution in [3.8, 4) is 5.75 Å². The van der Waals surface area contributed by atoms with Gasteiger partial charge in [0.1, 0.15) is 16.4 Å². The highest BCUT2D eigenvalue weighted by atomic mass is 32.2. The third kappa shape index (κ3) is 4.71. The van der Waals surface area contributed by atoms with Crippen LogP contribution in [0, 0.1) is 12.7 Å². The fourth-order valence-electron chi connectivity index (χ4n) is 1.57. The summed E-state index contributed by atoms with van der Waals surface area (Å²) >= 11 is 2.71. The van der Waals surface area contributed by atoms with Crippen molar-refractivity contribution in [2.75, 3.05) is 12.4 Å². The van der Waals surface area contributed by atoms with Gasteiger partial charge in [-0.15, -0.1) is 11.3 Å². The van der Waals surface area contributed by atoms with Gasteiger partial charge in [-0.05, 0) is 37.6 Å². The zero-order chi connectivity index (χ0) is 15.2. The Bertz CT molecular complexity index is 613. The molecule has 0 aliphatic heterocycles. The highest BCUT2D eigenvalue weighted by molar-refractivity contribution is 8.01. The van der Waals surface area contributed by atoms with Crippen LogP contribution >= 0.6 is 23.1 Å². The molecule has 0 fully saturated rings. The maximum absolute atomic E-state index is 12.7. The maximum atomic E-state index is 12.7. The smallest absolute Gasteiger partial charge is 0.347 e. The van der Waals surface area contributed by atoms with Crippen molar-refractivity contribution in [3.05, 3.63) is 40.7 Å². The summed E-state index contributed by atoms with van der Waals surface area (Å²) in [5.41, 5.74) is 0.553. The summed E-state index contributed by atoms with van der Waals surface area (Å²) < 4.78 is 18.9. The molecular weight excluding hydrogens is 313 g/mol.